The Morgan fingerprint density at radius 3 is 2.65 bits per heavy atom. The summed E-state index contributed by atoms with van der Waals surface area (Å²) in [5.74, 6) is 1.58. The molecular formula is C20H17ClN4S. The summed E-state index contributed by atoms with van der Waals surface area (Å²) in [6.45, 7) is 1.98. The van der Waals surface area contributed by atoms with Crippen LogP contribution >= 0.6 is 23.4 Å². The van der Waals surface area contributed by atoms with Gasteiger partial charge in [0.05, 0.1) is 16.9 Å². The van der Waals surface area contributed by atoms with E-state index in [1.165, 1.54) is 4.90 Å². The van der Waals surface area contributed by atoms with Gasteiger partial charge in [-0.3, -0.25) is 10.1 Å². The lowest BCUT2D eigenvalue weighted by molar-refractivity contribution is 1.05. The predicted molar refractivity (Wildman–Crippen MR) is 109 cm³/mol. The van der Waals surface area contributed by atoms with Crippen molar-refractivity contribution in [1.29, 1.82) is 0 Å². The molecule has 4 rings (SSSR count). The molecule has 2 heterocycles. The van der Waals surface area contributed by atoms with Crippen molar-refractivity contribution in [3.63, 3.8) is 0 Å². The summed E-state index contributed by atoms with van der Waals surface area (Å²) in [6, 6.07) is 20.1. The van der Waals surface area contributed by atoms with Crippen molar-refractivity contribution in [3.8, 4) is 0 Å². The number of aromatic amines is 1. The third-order valence-electron chi connectivity index (χ3n) is 3.94. The average Bonchev–Trinajstić information content (AvgIpc) is 3.06. The van der Waals surface area contributed by atoms with Crippen molar-refractivity contribution in [2.24, 2.45) is 0 Å². The summed E-state index contributed by atoms with van der Waals surface area (Å²) in [7, 11) is 0. The van der Waals surface area contributed by atoms with Gasteiger partial charge in [0, 0.05) is 32.8 Å². The minimum atomic E-state index is 0.749. The largest absolute Gasteiger partial charge is 0.338 e. The molecule has 2 N–H and O–H groups in total. The first-order chi connectivity index (χ1) is 12.7. The Morgan fingerprint density at radius 1 is 1.08 bits per heavy atom. The second-order valence-corrected chi connectivity index (χ2v) is 7.47. The maximum atomic E-state index is 5.96. The van der Waals surface area contributed by atoms with Crippen LogP contribution in [-0.2, 0) is 5.75 Å². The zero-order chi connectivity index (χ0) is 17.9. The standard InChI is InChI=1S/C20H17ClN4S/c1-13-10-20(25-24-13)23-19-11-15(22-18-5-3-2-4-17(18)19)12-26-16-8-6-14(21)7-9-16/h2-11H,12H2,1H3,(H2,22,23,24,25). The van der Waals surface area contributed by atoms with Crippen LogP contribution in [0, 0.1) is 6.92 Å². The number of rotatable bonds is 5. The minimum absolute atomic E-state index is 0.749. The van der Waals surface area contributed by atoms with E-state index in [9.17, 15) is 0 Å². The molecule has 0 radical (unpaired) electrons. The van der Waals surface area contributed by atoms with Crippen LogP contribution in [0.2, 0.25) is 5.02 Å². The molecule has 0 aliphatic rings. The summed E-state index contributed by atoms with van der Waals surface area (Å²) < 4.78 is 0. The second-order valence-electron chi connectivity index (χ2n) is 5.98. The molecule has 6 heteroatoms. The smallest absolute Gasteiger partial charge is 0.152 e. The number of anilines is 2. The Morgan fingerprint density at radius 2 is 1.88 bits per heavy atom. The molecule has 2 aromatic carbocycles. The molecule has 4 aromatic rings. The van der Waals surface area contributed by atoms with Crippen LogP contribution in [0.3, 0.4) is 0 Å². The number of para-hydroxylation sites is 1. The summed E-state index contributed by atoms with van der Waals surface area (Å²) in [6.07, 6.45) is 0. The molecule has 0 saturated carbocycles. The normalized spacial score (nSPS) is 11.0. The summed E-state index contributed by atoms with van der Waals surface area (Å²) >= 11 is 7.69. The Hall–Kier alpha value is -2.50. The number of nitrogens with one attached hydrogen (secondary N) is 2. The quantitative estimate of drug-likeness (QED) is 0.420. The summed E-state index contributed by atoms with van der Waals surface area (Å²) in [4.78, 5) is 5.97. The van der Waals surface area contributed by atoms with E-state index in [-0.39, 0.29) is 0 Å². The van der Waals surface area contributed by atoms with Gasteiger partial charge in [0.25, 0.3) is 0 Å². The molecule has 0 unspecified atom stereocenters. The van der Waals surface area contributed by atoms with Crippen molar-refractivity contribution in [2.75, 3.05) is 5.32 Å². The lowest BCUT2D eigenvalue weighted by Gasteiger charge is -2.10. The van der Waals surface area contributed by atoms with Crippen LogP contribution in [0.15, 0.2) is 65.6 Å². The van der Waals surface area contributed by atoms with Gasteiger partial charge in [0.2, 0.25) is 0 Å². The summed E-state index contributed by atoms with van der Waals surface area (Å²) in [5, 5.41) is 12.5. The molecule has 130 valence electrons. The van der Waals surface area contributed by atoms with Crippen LogP contribution in [0.5, 0.6) is 0 Å². The highest BCUT2D eigenvalue weighted by molar-refractivity contribution is 7.98. The first kappa shape index (κ1) is 16.9. The number of aryl methyl sites for hydroxylation is 1. The number of halogens is 1. The highest BCUT2D eigenvalue weighted by Crippen LogP contribution is 2.29. The zero-order valence-corrected chi connectivity index (χ0v) is 15.7. The van der Waals surface area contributed by atoms with E-state index < -0.39 is 0 Å². The van der Waals surface area contributed by atoms with E-state index >= 15 is 0 Å². The topological polar surface area (TPSA) is 53.6 Å². The van der Waals surface area contributed by atoms with Crippen molar-refractivity contribution in [2.45, 2.75) is 17.6 Å². The molecular weight excluding hydrogens is 364 g/mol. The Bertz CT molecular complexity index is 1040. The number of nitrogens with zero attached hydrogens (tertiary/aromatic N) is 2. The summed E-state index contributed by atoms with van der Waals surface area (Å²) in [5.41, 5.74) is 4.01. The maximum Gasteiger partial charge on any atom is 0.152 e. The highest BCUT2D eigenvalue weighted by Gasteiger charge is 2.08. The predicted octanol–water partition coefficient (Wildman–Crippen LogP) is 5.96. The third kappa shape index (κ3) is 3.84. The van der Waals surface area contributed by atoms with Gasteiger partial charge in [-0.1, -0.05) is 29.8 Å². The van der Waals surface area contributed by atoms with E-state index in [4.69, 9.17) is 16.6 Å². The molecule has 0 saturated heterocycles. The molecule has 2 aromatic heterocycles. The van der Waals surface area contributed by atoms with Gasteiger partial charge in [0.1, 0.15) is 0 Å². The van der Waals surface area contributed by atoms with Crippen LogP contribution in [0.1, 0.15) is 11.4 Å². The van der Waals surface area contributed by atoms with Gasteiger partial charge in [-0.2, -0.15) is 5.10 Å². The molecule has 26 heavy (non-hydrogen) atoms. The van der Waals surface area contributed by atoms with E-state index in [1.807, 2.05) is 55.5 Å². The lowest BCUT2D eigenvalue weighted by Crippen LogP contribution is -1.96. The zero-order valence-electron chi connectivity index (χ0n) is 14.2. The minimum Gasteiger partial charge on any atom is -0.338 e. The van der Waals surface area contributed by atoms with Crippen LogP contribution in [0.25, 0.3) is 10.9 Å². The average molecular weight is 381 g/mol. The molecule has 0 fully saturated rings. The Labute approximate surface area is 161 Å². The number of aromatic nitrogens is 3. The number of H-pyrrole nitrogens is 1. The van der Waals surface area contributed by atoms with E-state index in [0.29, 0.717) is 0 Å². The Balaban J connectivity index is 1.63. The number of pyridine rings is 1. The van der Waals surface area contributed by atoms with Gasteiger partial charge in [0.15, 0.2) is 5.82 Å². The molecule has 0 aliphatic heterocycles. The van der Waals surface area contributed by atoms with Crippen LogP contribution < -0.4 is 5.32 Å². The molecule has 0 spiro atoms. The number of fused-ring (bicyclic) bond motifs is 1. The fourth-order valence-electron chi connectivity index (χ4n) is 2.72. The highest BCUT2D eigenvalue weighted by atomic mass is 35.5. The molecule has 0 atom stereocenters. The van der Waals surface area contributed by atoms with Crippen LogP contribution in [0.4, 0.5) is 11.5 Å². The van der Waals surface area contributed by atoms with Crippen molar-refractivity contribution in [1.82, 2.24) is 15.2 Å². The first-order valence-corrected chi connectivity index (χ1v) is 9.60. The van der Waals surface area contributed by atoms with Gasteiger partial charge in [-0.25, -0.2) is 0 Å². The van der Waals surface area contributed by atoms with Crippen molar-refractivity contribution < 1.29 is 0 Å². The maximum absolute atomic E-state index is 5.96. The fraction of sp³-hybridized carbons (Fsp3) is 0.100. The molecule has 0 bridgehead atoms. The van der Waals surface area contributed by atoms with E-state index in [2.05, 4.69) is 27.6 Å². The fourth-order valence-corrected chi connectivity index (χ4v) is 3.63. The second kappa shape index (κ2) is 7.40. The SMILES string of the molecule is Cc1cc(Nc2cc(CSc3ccc(Cl)cc3)nc3ccccc23)n[nH]1. The molecule has 4 nitrogen and oxygen atoms in total. The van der Waals surface area contributed by atoms with E-state index in [1.54, 1.807) is 11.8 Å². The van der Waals surface area contributed by atoms with E-state index in [0.717, 1.165) is 44.6 Å². The van der Waals surface area contributed by atoms with Crippen molar-refractivity contribution >= 4 is 45.8 Å². The first-order valence-electron chi connectivity index (χ1n) is 8.23. The van der Waals surface area contributed by atoms with Gasteiger partial charge in [-0.05, 0) is 43.3 Å². The van der Waals surface area contributed by atoms with Crippen molar-refractivity contribution in [3.05, 3.63) is 77.1 Å². The Kier molecular flexibility index (Phi) is 4.82. The number of hydrogen-bond acceptors (Lipinski definition) is 4. The molecule has 0 amide bonds. The monoisotopic (exact) mass is 380 g/mol. The number of hydrogen-bond donors (Lipinski definition) is 2. The third-order valence-corrected chi connectivity index (χ3v) is 5.24. The van der Waals surface area contributed by atoms with Crippen LogP contribution in [-0.4, -0.2) is 15.2 Å². The number of thioether (sulfide) groups is 1. The van der Waals surface area contributed by atoms with Gasteiger partial charge >= 0.3 is 0 Å². The molecule has 0 aliphatic carbocycles. The number of benzene rings is 2. The lowest BCUT2D eigenvalue weighted by atomic mass is 10.1. The van der Waals surface area contributed by atoms with Gasteiger partial charge < -0.3 is 5.32 Å². The van der Waals surface area contributed by atoms with Gasteiger partial charge in [-0.15, -0.1) is 11.8 Å².